The van der Waals surface area contributed by atoms with Crippen molar-refractivity contribution in [1.82, 2.24) is 4.90 Å². The summed E-state index contributed by atoms with van der Waals surface area (Å²) in [5.74, 6) is 1.23. The lowest BCUT2D eigenvalue weighted by molar-refractivity contribution is -0.144. The number of ether oxygens (including phenoxy) is 2. The van der Waals surface area contributed by atoms with Crippen LogP contribution in [0.15, 0.2) is 24.3 Å². The molecule has 108 valence electrons. The number of fused-ring (bicyclic) bond motifs is 1. The first-order chi connectivity index (χ1) is 9.78. The molecule has 1 heterocycles. The van der Waals surface area contributed by atoms with Crippen molar-refractivity contribution in [2.24, 2.45) is 0 Å². The molecule has 0 amide bonds. The Morgan fingerprint density at radius 2 is 2.20 bits per heavy atom. The molecule has 1 unspecified atom stereocenters. The second-order valence-corrected chi connectivity index (χ2v) is 5.51. The topological polar surface area (TPSA) is 38.8 Å². The molecule has 1 aliphatic carbocycles. The van der Waals surface area contributed by atoms with Gasteiger partial charge in [-0.2, -0.15) is 0 Å². The van der Waals surface area contributed by atoms with Gasteiger partial charge in [0.1, 0.15) is 5.75 Å². The Hall–Kier alpha value is -1.55. The van der Waals surface area contributed by atoms with Gasteiger partial charge in [-0.15, -0.1) is 0 Å². The Balaban J connectivity index is 1.64. The first kappa shape index (κ1) is 13.4. The predicted molar refractivity (Wildman–Crippen MR) is 75.9 cm³/mol. The molecule has 0 N–H and O–H groups in total. The molecular weight excluding hydrogens is 254 g/mol. The third kappa shape index (κ3) is 2.96. The molecule has 1 aliphatic heterocycles. The number of nitrogens with zero attached hydrogens (tertiary/aromatic N) is 1. The standard InChI is InChI=1S/C16H21NO3/c1-2-19-16(18)10-17(13-7-8-13)9-12-11-20-15-6-4-3-5-14(12)15/h3-6,12-13H,2,7-11H2,1H3. The average molecular weight is 275 g/mol. The number of hydrogen-bond donors (Lipinski definition) is 0. The van der Waals surface area contributed by atoms with Crippen molar-refractivity contribution in [2.45, 2.75) is 31.7 Å². The quantitative estimate of drug-likeness (QED) is 0.746. The Morgan fingerprint density at radius 1 is 1.40 bits per heavy atom. The first-order valence-electron chi connectivity index (χ1n) is 7.39. The third-order valence-electron chi connectivity index (χ3n) is 3.95. The van der Waals surface area contributed by atoms with E-state index in [4.69, 9.17) is 9.47 Å². The van der Waals surface area contributed by atoms with Gasteiger partial charge in [0.2, 0.25) is 0 Å². The molecule has 0 radical (unpaired) electrons. The predicted octanol–water partition coefficient (Wildman–Crippen LogP) is 2.19. The van der Waals surface area contributed by atoms with Gasteiger partial charge in [-0.05, 0) is 25.8 Å². The number of carbonyl (C=O) groups excluding carboxylic acids is 1. The summed E-state index contributed by atoms with van der Waals surface area (Å²) < 4.78 is 10.8. The summed E-state index contributed by atoms with van der Waals surface area (Å²) in [6.07, 6.45) is 2.38. The largest absolute Gasteiger partial charge is 0.493 e. The van der Waals surface area contributed by atoms with E-state index in [1.165, 1.54) is 18.4 Å². The van der Waals surface area contributed by atoms with E-state index in [0.717, 1.165) is 12.3 Å². The highest BCUT2D eigenvalue weighted by Gasteiger charge is 2.34. The van der Waals surface area contributed by atoms with Gasteiger partial charge in [0.25, 0.3) is 0 Å². The second-order valence-electron chi connectivity index (χ2n) is 5.51. The van der Waals surface area contributed by atoms with Crippen molar-refractivity contribution < 1.29 is 14.3 Å². The fraction of sp³-hybridized carbons (Fsp3) is 0.562. The van der Waals surface area contributed by atoms with Gasteiger partial charge < -0.3 is 9.47 Å². The van der Waals surface area contributed by atoms with Crippen LogP contribution >= 0.6 is 0 Å². The molecule has 1 saturated carbocycles. The van der Waals surface area contributed by atoms with Crippen molar-refractivity contribution in [3.05, 3.63) is 29.8 Å². The smallest absolute Gasteiger partial charge is 0.320 e. The van der Waals surface area contributed by atoms with E-state index < -0.39 is 0 Å². The zero-order valence-corrected chi connectivity index (χ0v) is 11.9. The number of para-hydroxylation sites is 1. The molecule has 0 spiro atoms. The molecule has 3 rings (SSSR count). The maximum absolute atomic E-state index is 11.7. The van der Waals surface area contributed by atoms with Crippen LogP contribution in [-0.4, -0.2) is 43.2 Å². The third-order valence-corrected chi connectivity index (χ3v) is 3.95. The van der Waals surface area contributed by atoms with E-state index in [2.05, 4.69) is 11.0 Å². The van der Waals surface area contributed by atoms with Crippen LogP contribution in [0.1, 0.15) is 31.2 Å². The van der Waals surface area contributed by atoms with E-state index in [-0.39, 0.29) is 5.97 Å². The van der Waals surface area contributed by atoms with Gasteiger partial charge in [0.15, 0.2) is 0 Å². The molecule has 1 aromatic carbocycles. The summed E-state index contributed by atoms with van der Waals surface area (Å²) in [6.45, 7) is 4.29. The Labute approximate surface area is 119 Å². The molecule has 20 heavy (non-hydrogen) atoms. The van der Waals surface area contributed by atoms with Crippen LogP contribution in [0.5, 0.6) is 5.75 Å². The van der Waals surface area contributed by atoms with Gasteiger partial charge in [-0.25, -0.2) is 0 Å². The van der Waals surface area contributed by atoms with Crippen LogP contribution in [0, 0.1) is 0 Å². The van der Waals surface area contributed by atoms with Gasteiger partial charge in [-0.3, -0.25) is 9.69 Å². The van der Waals surface area contributed by atoms with E-state index in [1.807, 2.05) is 25.1 Å². The Bertz CT molecular complexity index is 484. The first-order valence-corrected chi connectivity index (χ1v) is 7.39. The van der Waals surface area contributed by atoms with Gasteiger partial charge in [-0.1, -0.05) is 18.2 Å². The molecule has 1 aromatic rings. The molecule has 0 aromatic heterocycles. The molecule has 0 bridgehead atoms. The number of esters is 1. The highest BCUT2D eigenvalue weighted by Crippen LogP contribution is 2.36. The zero-order chi connectivity index (χ0) is 13.9. The number of rotatable bonds is 6. The van der Waals surface area contributed by atoms with Crippen LogP contribution in [0.4, 0.5) is 0 Å². The lowest BCUT2D eigenvalue weighted by Crippen LogP contribution is -2.36. The Kier molecular flexibility index (Phi) is 3.92. The molecule has 4 heteroatoms. The van der Waals surface area contributed by atoms with Crippen LogP contribution in [0.25, 0.3) is 0 Å². The van der Waals surface area contributed by atoms with Gasteiger partial charge in [0, 0.05) is 24.1 Å². The average Bonchev–Trinajstić information content (AvgIpc) is 3.21. The van der Waals surface area contributed by atoms with Gasteiger partial charge >= 0.3 is 5.97 Å². The Morgan fingerprint density at radius 3 is 2.95 bits per heavy atom. The van der Waals surface area contributed by atoms with Crippen molar-refractivity contribution >= 4 is 5.97 Å². The van der Waals surface area contributed by atoms with E-state index >= 15 is 0 Å². The van der Waals surface area contributed by atoms with Crippen LogP contribution < -0.4 is 4.74 Å². The maximum atomic E-state index is 11.7. The summed E-state index contributed by atoms with van der Waals surface area (Å²) in [5, 5.41) is 0. The molecule has 2 aliphatic rings. The lowest BCUT2D eigenvalue weighted by Gasteiger charge is -2.23. The number of carbonyl (C=O) groups is 1. The van der Waals surface area contributed by atoms with E-state index in [0.29, 0.717) is 31.7 Å². The molecule has 0 saturated heterocycles. The molecular formula is C16H21NO3. The number of hydrogen-bond acceptors (Lipinski definition) is 4. The SMILES string of the molecule is CCOC(=O)CN(CC1COc2ccccc21)C1CC1. The van der Waals surface area contributed by atoms with Crippen LogP contribution in [0.2, 0.25) is 0 Å². The minimum atomic E-state index is -0.119. The second kappa shape index (κ2) is 5.83. The highest BCUT2D eigenvalue weighted by molar-refractivity contribution is 5.71. The molecule has 1 fully saturated rings. The summed E-state index contributed by atoms with van der Waals surface area (Å²) in [6, 6.07) is 8.74. The van der Waals surface area contributed by atoms with Crippen LogP contribution in [0.3, 0.4) is 0 Å². The van der Waals surface area contributed by atoms with Gasteiger partial charge in [0.05, 0.1) is 19.8 Å². The van der Waals surface area contributed by atoms with Crippen molar-refractivity contribution in [2.75, 3.05) is 26.3 Å². The highest BCUT2D eigenvalue weighted by atomic mass is 16.5. The lowest BCUT2D eigenvalue weighted by atomic mass is 10.0. The fourth-order valence-electron chi connectivity index (χ4n) is 2.82. The summed E-state index contributed by atoms with van der Waals surface area (Å²) >= 11 is 0. The van der Waals surface area contributed by atoms with E-state index in [1.54, 1.807) is 0 Å². The molecule has 4 nitrogen and oxygen atoms in total. The monoisotopic (exact) mass is 275 g/mol. The van der Waals surface area contributed by atoms with Crippen LogP contribution in [-0.2, 0) is 9.53 Å². The minimum Gasteiger partial charge on any atom is -0.493 e. The minimum absolute atomic E-state index is 0.119. The maximum Gasteiger partial charge on any atom is 0.320 e. The summed E-state index contributed by atoms with van der Waals surface area (Å²) in [5.41, 5.74) is 1.27. The normalized spacial score (nSPS) is 20.6. The number of benzene rings is 1. The zero-order valence-electron chi connectivity index (χ0n) is 11.9. The van der Waals surface area contributed by atoms with Crippen molar-refractivity contribution in [1.29, 1.82) is 0 Å². The summed E-state index contributed by atoms with van der Waals surface area (Å²) in [7, 11) is 0. The van der Waals surface area contributed by atoms with E-state index in [9.17, 15) is 4.79 Å². The molecule has 1 atom stereocenters. The van der Waals surface area contributed by atoms with Crippen molar-refractivity contribution in [3.63, 3.8) is 0 Å². The van der Waals surface area contributed by atoms with Crippen molar-refractivity contribution in [3.8, 4) is 5.75 Å². The fourth-order valence-corrected chi connectivity index (χ4v) is 2.82. The summed E-state index contributed by atoms with van der Waals surface area (Å²) in [4.78, 5) is 14.0.